The quantitative estimate of drug-likeness (QED) is 0.581. The number of halogens is 2. The van der Waals surface area contributed by atoms with Crippen LogP contribution in [0.3, 0.4) is 0 Å². The number of rotatable bonds is 0. The highest BCUT2D eigenvalue weighted by molar-refractivity contribution is 9.10. The van der Waals surface area contributed by atoms with Crippen molar-refractivity contribution >= 4 is 27.5 Å². The Morgan fingerprint density at radius 1 is 0.875 bits per heavy atom. The average molecular weight is 298 g/mol. The molecule has 80 valence electrons. The molecule has 2 nitrogen and oxygen atoms in total. The lowest BCUT2D eigenvalue weighted by molar-refractivity contribution is 0.359. The van der Waals surface area contributed by atoms with Crippen molar-refractivity contribution in [3.05, 3.63) is 45.9 Å². The van der Waals surface area contributed by atoms with E-state index in [-0.39, 0.29) is 0 Å². The lowest BCUT2D eigenvalue weighted by Gasteiger charge is -2.21. The highest BCUT2D eigenvalue weighted by Gasteiger charge is 2.21. The molecule has 0 unspecified atom stereocenters. The van der Waals surface area contributed by atoms with Crippen LogP contribution in [0.1, 0.15) is 0 Å². The third-order valence-corrected chi connectivity index (χ3v) is 3.56. The van der Waals surface area contributed by atoms with Crippen LogP contribution in [0.4, 0.5) is 0 Å². The van der Waals surface area contributed by atoms with E-state index in [2.05, 4.69) is 15.9 Å². The molecule has 0 fully saturated rings. The molecule has 0 aromatic heterocycles. The molecular weight excluding hydrogens is 291 g/mol. The van der Waals surface area contributed by atoms with E-state index < -0.39 is 0 Å². The van der Waals surface area contributed by atoms with Crippen molar-refractivity contribution in [3.8, 4) is 23.0 Å². The zero-order valence-corrected chi connectivity index (χ0v) is 10.4. The summed E-state index contributed by atoms with van der Waals surface area (Å²) in [5.74, 6) is 2.56. The molecule has 0 saturated heterocycles. The molecule has 0 aliphatic carbocycles. The second-order valence-electron chi connectivity index (χ2n) is 3.34. The van der Waals surface area contributed by atoms with Gasteiger partial charge in [0, 0.05) is 4.47 Å². The zero-order valence-electron chi connectivity index (χ0n) is 8.04. The minimum Gasteiger partial charge on any atom is -0.449 e. The molecule has 2 aromatic carbocycles. The molecule has 16 heavy (non-hydrogen) atoms. The standard InChI is InChI=1S/C12H6BrClO2/c13-7-5-6-10-12(11(7)14)16-9-4-2-1-3-8(9)15-10/h1-6H. The second-order valence-corrected chi connectivity index (χ2v) is 4.57. The maximum absolute atomic E-state index is 6.13. The van der Waals surface area contributed by atoms with Gasteiger partial charge in [-0.1, -0.05) is 23.7 Å². The fourth-order valence-electron chi connectivity index (χ4n) is 1.54. The van der Waals surface area contributed by atoms with Crippen molar-refractivity contribution in [2.24, 2.45) is 0 Å². The van der Waals surface area contributed by atoms with Crippen molar-refractivity contribution in [1.82, 2.24) is 0 Å². The third kappa shape index (κ3) is 1.47. The first-order valence-electron chi connectivity index (χ1n) is 4.68. The summed E-state index contributed by atoms with van der Waals surface area (Å²) in [6.07, 6.45) is 0. The Morgan fingerprint density at radius 3 is 2.31 bits per heavy atom. The summed E-state index contributed by atoms with van der Waals surface area (Å²) in [7, 11) is 0. The maximum Gasteiger partial charge on any atom is 0.189 e. The Morgan fingerprint density at radius 2 is 1.56 bits per heavy atom. The molecule has 0 N–H and O–H groups in total. The van der Waals surface area contributed by atoms with Crippen molar-refractivity contribution < 1.29 is 9.47 Å². The smallest absolute Gasteiger partial charge is 0.189 e. The van der Waals surface area contributed by atoms with Crippen molar-refractivity contribution in [1.29, 1.82) is 0 Å². The molecule has 3 rings (SSSR count). The molecule has 0 bridgehead atoms. The van der Waals surface area contributed by atoms with Gasteiger partial charge in [0.15, 0.2) is 23.0 Å². The summed E-state index contributed by atoms with van der Waals surface area (Å²) in [6.45, 7) is 0. The summed E-state index contributed by atoms with van der Waals surface area (Å²) < 4.78 is 12.2. The maximum atomic E-state index is 6.13. The van der Waals surface area contributed by atoms with Crippen molar-refractivity contribution in [2.75, 3.05) is 0 Å². The van der Waals surface area contributed by atoms with Gasteiger partial charge >= 0.3 is 0 Å². The number of para-hydroxylation sites is 2. The van der Waals surface area contributed by atoms with Gasteiger partial charge in [0.05, 0.1) is 0 Å². The minimum absolute atomic E-state index is 0.520. The molecule has 1 aliphatic heterocycles. The van der Waals surface area contributed by atoms with Crippen LogP contribution in [-0.4, -0.2) is 0 Å². The average Bonchev–Trinajstić information content (AvgIpc) is 2.32. The molecule has 0 spiro atoms. The third-order valence-electron chi connectivity index (χ3n) is 2.29. The van der Waals surface area contributed by atoms with Gasteiger partial charge in [0.25, 0.3) is 0 Å². The predicted molar refractivity (Wildman–Crippen MR) is 65.7 cm³/mol. The van der Waals surface area contributed by atoms with Crippen LogP contribution < -0.4 is 9.47 Å². The molecule has 0 saturated carbocycles. The second kappa shape index (κ2) is 3.68. The lowest BCUT2D eigenvalue weighted by atomic mass is 10.2. The minimum atomic E-state index is 0.520. The molecule has 4 heteroatoms. The van der Waals surface area contributed by atoms with Crippen LogP contribution in [0.5, 0.6) is 23.0 Å². The monoisotopic (exact) mass is 296 g/mol. The van der Waals surface area contributed by atoms with Crippen LogP contribution in [-0.2, 0) is 0 Å². The fraction of sp³-hybridized carbons (Fsp3) is 0. The molecule has 0 amide bonds. The van der Waals surface area contributed by atoms with Gasteiger partial charge in [-0.05, 0) is 40.2 Å². The van der Waals surface area contributed by atoms with Crippen LogP contribution >= 0.6 is 27.5 Å². The van der Waals surface area contributed by atoms with E-state index in [9.17, 15) is 0 Å². The Kier molecular flexibility index (Phi) is 2.30. The molecule has 0 radical (unpaired) electrons. The van der Waals surface area contributed by atoms with E-state index in [1.165, 1.54) is 0 Å². The number of hydrogen-bond acceptors (Lipinski definition) is 2. The summed E-state index contributed by atoms with van der Waals surface area (Å²) in [6, 6.07) is 11.1. The van der Waals surface area contributed by atoms with Crippen molar-refractivity contribution in [2.45, 2.75) is 0 Å². The van der Waals surface area contributed by atoms with E-state index in [1.807, 2.05) is 36.4 Å². The van der Waals surface area contributed by atoms with Gasteiger partial charge in [-0.3, -0.25) is 0 Å². The Bertz CT molecular complexity index is 569. The number of ether oxygens (including phenoxy) is 2. The summed E-state index contributed by atoms with van der Waals surface area (Å²) in [5, 5.41) is 0.520. The molecule has 2 aromatic rings. The van der Waals surface area contributed by atoms with Gasteiger partial charge in [0.1, 0.15) is 5.02 Å². The van der Waals surface area contributed by atoms with Gasteiger partial charge in [-0.25, -0.2) is 0 Å². The van der Waals surface area contributed by atoms with Crippen LogP contribution in [0.15, 0.2) is 40.9 Å². The molecule has 1 aliphatic rings. The van der Waals surface area contributed by atoms with E-state index in [4.69, 9.17) is 21.1 Å². The number of fused-ring (bicyclic) bond motifs is 2. The molecule has 1 heterocycles. The van der Waals surface area contributed by atoms with Crippen molar-refractivity contribution in [3.63, 3.8) is 0 Å². The Labute approximate surface area is 106 Å². The number of hydrogen-bond donors (Lipinski definition) is 0. The first kappa shape index (κ1) is 10.00. The topological polar surface area (TPSA) is 18.5 Å². The van der Waals surface area contributed by atoms with Gasteiger partial charge in [-0.2, -0.15) is 0 Å². The first-order valence-corrected chi connectivity index (χ1v) is 5.85. The summed E-state index contributed by atoms with van der Waals surface area (Å²) >= 11 is 9.47. The highest BCUT2D eigenvalue weighted by Crippen LogP contribution is 2.50. The normalized spacial score (nSPS) is 12.1. The summed E-state index contributed by atoms with van der Waals surface area (Å²) in [5.41, 5.74) is 0. The molecule has 0 atom stereocenters. The lowest BCUT2D eigenvalue weighted by Crippen LogP contribution is -1.99. The zero-order chi connectivity index (χ0) is 11.1. The first-order chi connectivity index (χ1) is 7.75. The van der Waals surface area contributed by atoms with Crippen LogP contribution in [0.25, 0.3) is 0 Å². The van der Waals surface area contributed by atoms with Crippen LogP contribution in [0.2, 0.25) is 5.02 Å². The SMILES string of the molecule is Clc1c(Br)ccc2c1Oc1ccccc1O2. The van der Waals surface area contributed by atoms with Gasteiger partial charge < -0.3 is 9.47 Å². The van der Waals surface area contributed by atoms with E-state index >= 15 is 0 Å². The highest BCUT2D eigenvalue weighted by atomic mass is 79.9. The summed E-state index contributed by atoms with van der Waals surface area (Å²) in [4.78, 5) is 0. The van der Waals surface area contributed by atoms with Gasteiger partial charge in [-0.15, -0.1) is 0 Å². The fourth-order valence-corrected chi connectivity index (χ4v) is 2.04. The Balaban J connectivity index is 2.16. The number of benzene rings is 2. The van der Waals surface area contributed by atoms with Crippen LogP contribution in [0, 0.1) is 0 Å². The largest absolute Gasteiger partial charge is 0.449 e. The van der Waals surface area contributed by atoms with Gasteiger partial charge in [0.2, 0.25) is 0 Å². The molecular formula is C12H6BrClO2. The Hall–Kier alpha value is -1.19. The predicted octanol–water partition coefficient (Wildman–Crippen LogP) is 5.00. The van der Waals surface area contributed by atoms with E-state index in [0.717, 1.165) is 4.47 Å². The van der Waals surface area contributed by atoms with E-state index in [0.29, 0.717) is 28.0 Å². The van der Waals surface area contributed by atoms with E-state index in [1.54, 1.807) is 0 Å².